The van der Waals surface area contributed by atoms with E-state index in [4.69, 9.17) is 4.74 Å². The first-order valence-electron chi connectivity index (χ1n) is 7.99. The van der Waals surface area contributed by atoms with Gasteiger partial charge in [-0.2, -0.15) is 0 Å². The molecule has 118 valence electrons. The van der Waals surface area contributed by atoms with E-state index in [2.05, 4.69) is 24.1 Å². The molecule has 1 saturated heterocycles. The van der Waals surface area contributed by atoms with Gasteiger partial charge >= 0.3 is 6.09 Å². The Balaban J connectivity index is 2.36. The molecule has 1 heterocycles. The lowest BCUT2D eigenvalue weighted by atomic mass is 10.0. The van der Waals surface area contributed by atoms with Crippen LogP contribution in [0.3, 0.4) is 0 Å². The maximum Gasteiger partial charge on any atom is 0.407 e. The highest BCUT2D eigenvalue weighted by atomic mass is 16.6. The van der Waals surface area contributed by atoms with Gasteiger partial charge in [-0.15, -0.1) is 0 Å². The van der Waals surface area contributed by atoms with E-state index in [9.17, 15) is 4.79 Å². The second-order valence-corrected chi connectivity index (χ2v) is 7.25. The topological polar surface area (TPSA) is 41.6 Å². The number of rotatable bonds is 5. The van der Waals surface area contributed by atoms with E-state index in [1.807, 2.05) is 20.8 Å². The first-order chi connectivity index (χ1) is 9.28. The minimum Gasteiger partial charge on any atom is -0.444 e. The number of alkyl carbamates (subject to hydrolysis) is 1. The molecule has 0 aromatic heterocycles. The van der Waals surface area contributed by atoms with Gasteiger partial charge in [0.15, 0.2) is 0 Å². The Morgan fingerprint density at radius 3 is 2.65 bits per heavy atom. The summed E-state index contributed by atoms with van der Waals surface area (Å²) in [4.78, 5) is 14.3. The van der Waals surface area contributed by atoms with Gasteiger partial charge in [0.05, 0.1) is 0 Å². The van der Waals surface area contributed by atoms with Crippen molar-refractivity contribution in [3.8, 4) is 0 Å². The number of likely N-dealkylation sites (tertiary alicyclic amines) is 1. The van der Waals surface area contributed by atoms with Gasteiger partial charge in [-0.05, 0) is 59.0 Å². The van der Waals surface area contributed by atoms with E-state index < -0.39 is 5.60 Å². The molecule has 0 bridgehead atoms. The van der Waals surface area contributed by atoms with Crippen LogP contribution in [0.2, 0.25) is 0 Å². The van der Waals surface area contributed by atoms with Crippen molar-refractivity contribution in [2.75, 3.05) is 19.6 Å². The molecule has 4 heteroatoms. The third-order valence-corrected chi connectivity index (χ3v) is 3.62. The van der Waals surface area contributed by atoms with Crippen LogP contribution in [0.5, 0.6) is 0 Å². The van der Waals surface area contributed by atoms with Crippen molar-refractivity contribution in [2.45, 2.75) is 71.9 Å². The summed E-state index contributed by atoms with van der Waals surface area (Å²) in [6.45, 7) is 13.2. The Kier molecular flexibility index (Phi) is 6.80. The Hall–Kier alpha value is -0.770. The average Bonchev–Trinajstić information content (AvgIpc) is 2.32. The third-order valence-electron chi connectivity index (χ3n) is 3.62. The van der Waals surface area contributed by atoms with Crippen LogP contribution >= 0.6 is 0 Å². The number of ether oxygens (including phenoxy) is 1. The molecule has 20 heavy (non-hydrogen) atoms. The Bertz CT molecular complexity index is 297. The van der Waals surface area contributed by atoms with Gasteiger partial charge in [0.1, 0.15) is 5.60 Å². The highest BCUT2D eigenvalue weighted by Gasteiger charge is 2.23. The van der Waals surface area contributed by atoms with E-state index in [0.717, 1.165) is 19.0 Å². The fourth-order valence-electron chi connectivity index (χ4n) is 2.52. The number of carbonyl (C=O) groups is 1. The average molecular weight is 284 g/mol. The molecule has 1 aliphatic rings. The van der Waals surface area contributed by atoms with Crippen LogP contribution in [0.4, 0.5) is 4.79 Å². The molecular weight excluding hydrogens is 252 g/mol. The number of hydrogen-bond acceptors (Lipinski definition) is 3. The number of nitrogens with zero attached hydrogens (tertiary/aromatic N) is 1. The molecule has 0 radical (unpaired) electrons. The van der Waals surface area contributed by atoms with Gasteiger partial charge in [0.25, 0.3) is 0 Å². The van der Waals surface area contributed by atoms with Crippen LogP contribution in [0.25, 0.3) is 0 Å². The van der Waals surface area contributed by atoms with Crippen molar-refractivity contribution in [3.05, 3.63) is 0 Å². The molecular formula is C16H32N2O2. The number of amides is 1. The summed E-state index contributed by atoms with van der Waals surface area (Å²) in [7, 11) is 0. The lowest BCUT2D eigenvalue weighted by Crippen LogP contribution is -2.47. The van der Waals surface area contributed by atoms with Gasteiger partial charge in [0, 0.05) is 12.6 Å². The Morgan fingerprint density at radius 2 is 2.05 bits per heavy atom. The fraction of sp³-hybridized carbons (Fsp3) is 0.938. The lowest BCUT2D eigenvalue weighted by Gasteiger charge is -2.36. The van der Waals surface area contributed by atoms with E-state index >= 15 is 0 Å². The smallest absolute Gasteiger partial charge is 0.407 e. The van der Waals surface area contributed by atoms with Crippen LogP contribution in [0.1, 0.15) is 60.3 Å². The summed E-state index contributed by atoms with van der Waals surface area (Å²) in [6, 6.07) is 0.468. The first kappa shape index (κ1) is 17.3. The summed E-state index contributed by atoms with van der Waals surface area (Å²) in [6.07, 6.45) is 4.64. The normalized spacial score (nSPS) is 21.0. The zero-order valence-electron chi connectivity index (χ0n) is 13.9. The highest BCUT2D eigenvalue weighted by molar-refractivity contribution is 5.67. The number of carbonyl (C=O) groups excluding carboxylic acids is 1. The van der Waals surface area contributed by atoms with Crippen molar-refractivity contribution >= 4 is 6.09 Å². The van der Waals surface area contributed by atoms with Crippen molar-refractivity contribution in [2.24, 2.45) is 5.92 Å². The van der Waals surface area contributed by atoms with Crippen molar-refractivity contribution < 1.29 is 9.53 Å². The molecule has 0 saturated carbocycles. The second-order valence-electron chi connectivity index (χ2n) is 7.25. The van der Waals surface area contributed by atoms with Crippen molar-refractivity contribution in [1.82, 2.24) is 10.2 Å². The largest absolute Gasteiger partial charge is 0.444 e. The number of hydrogen-bond donors (Lipinski definition) is 1. The third kappa shape index (κ3) is 7.13. The minimum atomic E-state index is -0.423. The fourth-order valence-corrected chi connectivity index (χ4v) is 2.52. The summed E-state index contributed by atoms with van der Waals surface area (Å²) in [5.41, 5.74) is -0.423. The van der Waals surface area contributed by atoms with Gasteiger partial charge < -0.3 is 10.1 Å². The Morgan fingerprint density at radius 1 is 1.35 bits per heavy atom. The molecule has 1 aliphatic heterocycles. The van der Waals surface area contributed by atoms with Crippen LogP contribution < -0.4 is 5.32 Å². The summed E-state index contributed by atoms with van der Waals surface area (Å²) >= 11 is 0. The number of nitrogens with one attached hydrogen (secondary N) is 1. The van der Waals surface area contributed by atoms with Crippen LogP contribution in [-0.2, 0) is 4.74 Å². The van der Waals surface area contributed by atoms with E-state index in [1.54, 1.807) is 0 Å². The second kappa shape index (κ2) is 7.87. The quantitative estimate of drug-likeness (QED) is 0.841. The molecule has 1 fully saturated rings. The molecule has 0 spiro atoms. The predicted molar refractivity (Wildman–Crippen MR) is 82.9 cm³/mol. The zero-order valence-corrected chi connectivity index (χ0v) is 13.9. The molecule has 0 aromatic rings. The summed E-state index contributed by atoms with van der Waals surface area (Å²) in [5, 5.41) is 2.92. The zero-order chi connectivity index (χ0) is 15.2. The van der Waals surface area contributed by atoms with E-state index in [0.29, 0.717) is 12.6 Å². The van der Waals surface area contributed by atoms with Crippen LogP contribution in [0.15, 0.2) is 0 Å². The Labute approximate surface area is 124 Å². The van der Waals surface area contributed by atoms with Crippen molar-refractivity contribution in [3.63, 3.8) is 0 Å². The maximum absolute atomic E-state index is 11.7. The van der Waals surface area contributed by atoms with E-state index in [-0.39, 0.29) is 6.09 Å². The standard InChI is InChI=1S/C16H32N2O2/c1-13(2)9-11-18-10-7-6-8-14(18)12-17-15(19)20-16(3,4)5/h13-14H,6-12H2,1-5H3,(H,17,19). The molecule has 4 nitrogen and oxygen atoms in total. The predicted octanol–water partition coefficient (Wildman–Crippen LogP) is 3.41. The molecule has 1 amide bonds. The van der Waals surface area contributed by atoms with Crippen LogP contribution in [-0.4, -0.2) is 42.3 Å². The molecule has 1 rings (SSSR count). The lowest BCUT2D eigenvalue weighted by molar-refractivity contribution is 0.0493. The van der Waals surface area contributed by atoms with E-state index in [1.165, 1.54) is 25.7 Å². The SMILES string of the molecule is CC(C)CCN1CCCCC1CNC(=O)OC(C)(C)C. The molecule has 0 aliphatic carbocycles. The molecule has 1 atom stereocenters. The van der Waals surface area contributed by atoms with Crippen LogP contribution in [0, 0.1) is 5.92 Å². The summed E-state index contributed by atoms with van der Waals surface area (Å²) < 4.78 is 5.29. The molecule has 0 aromatic carbocycles. The monoisotopic (exact) mass is 284 g/mol. The maximum atomic E-state index is 11.7. The van der Waals surface area contributed by atoms with Gasteiger partial charge in [-0.3, -0.25) is 4.90 Å². The minimum absolute atomic E-state index is 0.299. The van der Waals surface area contributed by atoms with Gasteiger partial charge in [0.2, 0.25) is 0 Å². The van der Waals surface area contributed by atoms with Gasteiger partial charge in [-0.1, -0.05) is 20.3 Å². The van der Waals surface area contributed by atoms with Gasteiger partial charge in [-0.25, -0.2) is 4.79 Å². The highest BCUT2D eigenvalue weighted by Crippen LogP contribution is 2.18. The first-order valence-corrected chi connectivity index (χ1v) is 7.99. The summed E-state index contributed by atoms with van der Waals surface area (Å²) in [5.74, 6) is 0.733. The van der Waals surface area contributed by atoms with Crippen molar-refractivity contribution in [1.29, 1.82) is 0 Å². The molecule has 1 unspecified atom stereocenters. The molecule has 1 N–H and O–H groups in total. The number of piperidine rings is 1.